The van der Waals surface area contributed by atoms with Crippen LogP contribution in [0.3, 0.4) is 0 Å². The Kier molecular flexibility index (Phi) is 8.08. The number of imidazole rings is 1. The van der Waals surface area contributed by atoms with Crippen LogP contribution in [0.15, 0.2) is 65.7 Å². The molecule has 226 valence electrons. The minimum atomic E-state index is -3.50. The number of fused-ring (bicyclic) bond motifs is 1. The summed E-state index contributed by atoms with van der Waals surface area (Å²) < 4.78 is 29.4. The molecular weight excluding hydrogens is 564 g/mol. The number of hydrogen-bond donors (Lipinski definition) is 3. The summed E-state index contributed by atoms with van der Waals surface area (Å²) >= 11 is 0. The van der Waals surface area contributed by atoms with E-state index in [1.807, 2.05) is 24.3 Å². The Balaban J connectivity index is 1.35. The maximum atomic E-state index is 13.0. The summed E-state index contributed by atoms with van der Waals surface area (Å²) in [6, 6.07) is 16.7. The van der Waals surface area contributed by atoms with Crippen molar-refractivity contribution in [3.63, 3.8) is 0 Å². The van der Waals surface area contributed by atoms with E-state index >= 15 is 0 Å². The SMILES string of the molecule is CN(C)C(=O)c1cccc(-c2cnc3c(Nc4ccc(S(=O)(=O)N5CCCC5)cc4)cc(NC4CCC(N)CC4)nn23)c1. The van der Waals surface area contributed by atoms with Gasteiger partial charge in [0.05, 0.1) is 22.5 Å². The van der Waals surface area contributed by atoms with Crippen molar-refractivity contribution >= 4 is 38.8 Å². The predicted molar refractivity (Wildman–Crippen MR) is 168 cm³/mol. The van der Waals surface area contributed by atoms with Crippen LogP contribution in [0.5, 0.6) is 0 Å². The van der Waals surface area contributed by atoms with Gasteiger partial charge in [0.1, 0.15) is 5.82 Å². The van der Waals surface area contributed by atoms with Crippen molar-refractivity contribution in [2.75, 3.05) is 37.8 Å². The molecule has 1 aliphatic heterocycles. The fraction of sp³-hybridized carbons (Fsp3) is 0.387. The lowest BCUT2D eigenvalue weighted by molar-refractivity contribution is 0.0827. The summed E-state index contributed by atoms with van der Waals surface area (Å²) in [6.45, 7) is 1.13. The Labute approximate surface area is 252 Å². The molecule has 43 heavy (non-hydrogen) atoms. The molecule has 1 amide bonds. The van der Waals surface area contributed by atoms with E-state index < -0.39 is 10.0 Å². The predicted octanol–water partition coefficient (Wildman–Crippen LogP) is 4.31. The lowest BCUT2D eigenvalue weighted by Gasteiger charge is -2.27. The van der Waals surface area contributed by atoms with Gasteiger partial charge < -0.3 is 21.3 Å². The summed E-state index contributed by atoms with van der Waals surface area (Å²) in [6.07, 6.45) is 7.38. The van der Waals surface area contributed by atoms with Gasteiger partial charge in [-0.3, -0.25) is 4.79 Å². The minimum Gasteiger partial charge on any atom is -0.366 e. The quantitative estimate of drug-likeness (QED) is 0.271. The number of nitrogens with two attached hydrogens (primary N) is 1. The van der Waals surface area contributed by atoms with E-state index in [-0.39, 0.29) is 22.9 Å². The normalized spacial score (nSPS) is 19.4. The first kappa shape index (κ1) is 29.1. The second-order valence-corrected chi connectivity index (χ2v) is 13.6. The molecule has 3 heterocycles. The van der Waals surface area contributed by atoms with E-state index in [0.29, 0.717) is 35.8 Å². The Bertz CT molecular complexity index is 1720. The standard InChI is InChI=1S/C31H38N8O3S/c1-37(2)31(40)22-7-5-6-21(18-22)28-20-33-30-27(19-29(36-39(28)30)35-25-10-8-23(32)9-11-25)34-24-12-14-26(15-13-24)43(41,42)38-16-3-4-17-38/h5-7,12-15,18-20,23,25,34H,3-4,8-11,16-17,32H2,1-2H3,(H,35,36). The molecule has 2 aromatic carbocycles. The Morgan fingerprint density at radius 2 is 1.72 bits per heavy atom. The molecule has 0 atom stereocenters. The van der Waals surface area contributed by atoms with Crippen molar-refractivity contribution in [2.45, 2.75) is 55.5 Å². The lowest BCUT2D eigenvalue weighted by Crippen LogP contribution is -2.33. The topological polar surface area (TPSA) is 138 Å². The molecule has 12 heteroatoms. The van der Waals surface area contributed by atoms with Crippen LogP contribution < -0.4 is 16.4 Å². The van der Waals surface area contributed by atoms with Crippen LogP contribution in [0.25, 0.3) is 16.9 Å². The molecule has 0 spiro atoms. The number of rotatable bonds is 8. The van der Waals surface area contributed by atoms with Gasteiger partial charge in [-0.1, -0.05) is 12.1 Å². The maximum Gasteiger partial charge on any atom is 0.253 e. The van der Waals surface area contributed by atoms with E-state index in [2.05, 4.69) is 10.6 Å². The van der Waals surface area contributed by atoms with E-state index in [0.717, 1.165) is 55.5 Å². The van der Waals surface area contributed by atoms with Crippen molar-refractivity contribution in [2.24, 2.45) is 5.73 Å². The van der Waals surface area contributed by atoms with Crippen molar-refractivity contribution in [1.82, 2.24) is 23.8 Å². The molecule has 4 aromatic rings. The van der Waals surface area contributed by atoms with Gasteiger partial charge in [-0.25, -0.2) is 17.9 Å². The van der Waals surface area contributed by atoms with Gasteiger partial charge in [0.2, 0.25) is 10.0 Å². The second kappa shape index (κ2) is 11.9. The Hall–Kier alpha value is -4.00. The van der Waals surface area contributed by atoms with E-state index in [1.165, 1.54) is 0 Å². The average Bonchev–Trinajstić information content (AvgIpc) is 3.70. The molecule has 2 aliphatic rings. The van der Waals surface area contributed by atoms with Crippen molar-refractivity contribution in [3.8, 4) is 11.3 Å². The number of benzene rings is 2. The van der Waals surface area contributed by atoms with Crippen LogP contribution in [0.2, 0.25) is 0 Å². The van der Waals surface area contributed by atoms with E-state index in [1.54, 1.807) is 64.3 Å². The van der Waals surface area contributed by atoms with E-state index in [9.17, 15) is 13.2 Å². The highest BCUT2D eigenvalue weighted by molar-refractivity contribution is 7.89. The van der Waals surface area contributed by atoms with E-state index in [4.69, 9.17) is 15.8 Å². The Morgan fingerprint density at radius 1 is 1.00 bits per heavy atom. The van der Waals surface area contributed by atoms with Crippen LogP contribution >= 0.6 is 0 Å². The molecule has 1 saturated heterocycles. The molecule has 0 unspecified atom stereocenters. The zero-order valence-corrected chi connectivity index (χ0v) is 25.3. The molecule has 11 nitrogen and oxygen atoms in total. The third-order valence-corrected chi connectivity index (χ3v) is 10.2. The highest BCUT2D eigenvalue weighted by atomic mass is 32.2. The van der Waals surface area contributed by atoms with Crippen LogP contribution in [-0.4, -0.2) is 77.4 Å². The smallest absolute Gasteiger partial charge is 0.253 e. The van der Waals surface area contributed by atoms with Gasteiger partial charge >= 0.3 is 0 Å². The summed E-state index contributed by atoms with van der Waals surface area (Å²) in [5, 5.41) is 11.9. The van der Waals surface area contributed by atoms with Gasteiger partial charge in [-0.05, 0) is 74.9 Å². The summed E-state index contributed by atoms with van der Waals surface area (Å²) in [7, 11) is -0.0407. The fourth-order valence-corrected chi connectivity index (χ4v) is 7.33. The number of anilines is 3. The number of aromatic nitrogens is 3. The van der Waals surface area contributed by atoms with Crippen molar-refractivity contribution in [1.29, 1.82) is 0 Å². The highest BCUT2D eigenvalue weighted by Gasteiger charge is 2.27. The first-order valence-electron chi connectivity index (χ1n) is 14.8. The molecule has 6 rings (SSSR count). The van der Waals surface area contributed by atoms with Crippen LogP contribution in [0.4, 0.5) is 17.2 Å². The highest BCUT2D eigenvalue weighted by Crippen LogP contribution is 2.31. The van der Waals surface area contributed by atoms with Crippen molar-refractivity contribution < 1.29 is 13.2 Å². The van der Waals surface area contributed by atoms with Crippen LogP contribution in [0, 0.1) is 0 Å². The van der Waals surface area contributed by atoms with Gasteiger partial charge in [-0.2, -0.15) is 4.31 Å². The third kappa shape index (κ3) is 6.08. The number of nitrogens with one attached hydrogen (secondary N) is 2. The summed E-state index contributed by atoms with van der Waals surface area (Å²) in [5.41, 5.74) is 10.3. The number of hydrogen-bond acceptors (Lipinski definition) is 8. The molecule has 2 aromatic heterocycles. The number of nitrogens with zero attached hydrogens (tertiary/aromatic N) is 5. The van der Waals surface area contributed by atoms with Crippen LogP contribution in [0.1, 0.15) is 48.9 Å². The second-order valence-electron chi connectivity index (χ2n) is 11.6. The number of carbonyl (C=O) groups is 1. The van der Waals surface area contributed by atoms with Gasteiger partial charge in [0, 0.05) is 62.1 Å². The minimum absolute atomic E-state index is 0.0842. The lowest BCUT2D eigenvalue weighted by atomic mass is 9.92. The molecule has 1 saturated carbocycles. The summed E-state index contributed by atoms with van der Waals surface area (Å²) in [4.78, 5) is 19.2. The maximum absolute atomic E-state index is 13.0. The first-order chi connectivity index (χ1) is 20.7. The molecular formula is C31H38N8O3S. The van der Waals surface area contributed by atoms with Crippen molar-refractivity contribution in [3.05, 3.63) is 66.4 Å². The zero-order chi connectivity index (χ0) is 30.1. The zero-order valence-electron chi connectivity index (χ0n) is 24.5. The molecule has 0 bridgehead atoms. The van der Waals surface area contributed by atoms with Gasteiger partial charge in [-0.15, -0.1) is 5.10 Å². The van der Waals surface area contributed by atoms with Gasteiger partial charge in [0.15, 0.2) is 5.65 Å². The Morgan fingerprint density at radius 3 is 2.42 bits per heavy atom. The molecule has 4 N–H and O–H groups in total. The first-order valence-corrected chi connectivity index (χ1v) is 16.2. The monoisotopic (exact) mass is 602 g/mol. The number of amides is 1. The molecule has 0 radical (unpaired) electrons. The third-order valence-electron chi connectivity index (χ3n) is 8.24. The molecule has 1 aliphatic carbocycles. The molecule has 2 fully saturated rings. The number of sulfonamides is 1. The fourth-order valence-electron chi connectivity index (χ4n) is 5.81. The summed E-state index contributed by atoms with van der Waals surface area (Å²) in [5.74, 6) is 0.600. The largest absolute Gasteiger partial charge is 0.366 e. The number of carbonyl (C=O) groups excluding carboxylic acids is 1. The van der Waals surface area contributed by atoms with Gasteiger partial charge in [0.25, 0.3) is 5.91 Å². The average molecular weight is 603 g/mol. The van der Waals surface area contributed by atoms with Crippen LogP contribution in [-0.2, 0) is 10.0 Å².